The van der Waals surface area contributed by atoms with Crippen molar-refractivity contribution in [3.05, 3.63) is 40.3 Å². The normalized spacial score (nSPS) is 10.4. The highest BCUT2D eigenvalue weighted by atomic mass is 16.1. The van der Waals surface area contributed by atoms with Gasteiger partial charge in [-0.25, -0.2) is 0 Å². The van der Waals surface area contributed by atoms with Crippen LogP contribution in [0.4, 0.5) is 5.69 Å². The predicted molar refractivity (Wildman–Crippen MR) is 62.5 cm³/mol. The number of rotatable bonds is 2. The van der Waals surface area contributed by atoms with Crippen LogP contribution in [-0.2, 0) is 0 Å². The lowest BCUT2D eigenvalue weighted by atomic mass is 10.1. The van der Waals surface area contributed by atoms with Crippen LogP contribution >= 0.6 is 0 Å². The summed E-state index contributed by atoms with van der Waals surface area (Å²) in [5.74, 6) is -0.240. The van der Waals surface area contributed by atoms with E-state index in [2.05, 4.69) is 15.3 Å². The zero-order valence-electron chi connectivity index (χ0n) is 9.56. The van der Waals surface area contributed by atoms with E-state index in [-0.39, 0.29) is 11.4 Å². The van der Waals surface area contributed by atoms with Gasteiger partial charge in [-0.2, -0.15) is 0 Å². The number of nitrogens with one attached hydrogen (secondary N) is 1. The van der Waals surface area contributed by atoms with Crippen LogP contribution in [-0.4, -0.2) is 11.4 Å². The van der Waals surface area contributed by atoms with E-state index < -0.39 is 0 Å². The zero-order chi connectivity index (χ0) is 12.2. The average Bonchev–Trinajstić information content (AvgIpc) is 2.16. The zero-order valence-corrected chi connectivity index (χ0v) is 9.56. The van der Waals surface area contributed by atoms with Crippen molar-refractivity contribution in [1.29, 1.82) is 0 Å². The van der Waals surface area contributed by atoms with Crippen LogP contribution in [0.3, 0.4) is 0 Å². The molecule has 1 N–H and O–H groups in total. The van der Waals surface area contributed by atoms with Crippen LogP contribution in [0.1, 0.15) is 31.1 Å². The number of hydrogen-bond donors (Lipinski definition) is 1. The Morgan fingerprint density at radius 2 is 2.00 bits per heavy atom. The van der Waals surface area contributed by atoms with Gasteiger partial charge in [-0.1, -0.05) is 23.3 Å². The van der Waals surface area contributed by atoms with Gasteiger partial charge in [-0.05, 0) is 32.4 Å². The molecule has 1 rings (SSSR count). The molecule has 0 spiro atoms. The molecule has 5 nitrogen and oxygen atoms in total. The van der Waals surface area contributed by atoms with E-state index >= 15 is 0 Å². The van der Waals surface area contributed by atoms with Gasteiger partial charge in [-0.3, -0.25) is 4.79 Å². The largest absolute Gasteiger partial charge is 0.347 e. The van der Waals surface area contributed by atoms with E-state index in [1.165, 1.54) is 0 Å². The van der Waals surface area contributed by atoms with Crippen molar-refractivity contribution in [2.75, 3.05) is 0 Å². The second-order valence-electron chi connectivity index (χ2n) is 4.41. The van der Waals surface area contributed by atoms with Crippen molar-refractivity contribution in [2.24, 2.45) is 5.11 Å². The van der Waals surface area contributed by atoms with Crippen LogP contribution in [0.25, 0.3) is 10.4 Å². The summed E-state index contributed by atoms with van der Waals surface area (Å²) in [5, 5.41) is 6.29. The number of amides is 1. The standard InChI is InChI=1S/C11H14N4O/c1-11(2,3)13-10(16)8-6-4-5-7-9(8)14-15-12/h4-7H,1-3H3,(H,13,16). The topological polar surface area (TPSA) is 77.9 Å². The molecule has 84 valence electrons. The molecule has 1 amide bonds. The average molecular weight is 218 g/mol. The second kappa shape index (κ2) is 4.68. The first-order valence-electron chi connectivity index (χ1n) is 4.91. The maximum atomic E-state index is 11.9. The summed E-state index contributed by atoms with van der Waals surface area (Å²) in [5.41, 5.74) is 8.79. The maximum absolute atomic E-state index is 11.9. The van der Waals surface area contributed by atoms with Gasteiger partial charge < -0.3 is 5.32 Å². The molecule has 0 radical (unpaired) electrons. The van der Waals surface area contributed by atoms with E-state index in [1.807, 2.05) is 20.8 Å². The molecule has 0 aliphatic heterocycles. The fourth-order valence-electron chi connectivity index (χ4n) is 1.21. The third-order valence-corrected chi connectivity index (χ3v) is 1.79. The Balaban J connectivity index is 3.04. The summed E-state index contributed by atoms with van der Waals surface area (Å²) in [7, 11) is 0. The molecule has 0 atom stereocenters. The molecule has 0 saturated heterocycles. The number of azide groups is 1. The summed E-state index contributed by atoms with van der Waals surface area (Å²) in [6, 6.07) is 6.69. The Morgan fingerprint density at radius 1 is 1.38 bits per heavy atom. The molecule has 5 heteroatoms. The van der Waals surface area contributed by atoms with Crippen LogP contribution in [0.15, 0.2) is 29.4 Å². The summed E-state index contributed by atoms with van der Waals surface area (Å²) in [6.07, 6.45) is 0. The number of hydrogen-bond acceptors (Lipinski definition) is 2. The third-order valence-electron chi connectivity index (χ3n) is 1.79. The van der Waals surface area contributed by atoms with Gasteiger partial charge >= 0.3 is 0 Å². The van der Waals surface area contributed by atoms with E-state index in [0.717, 1.165) is 0 Å². The van der Waals surface area contributed by atoms with Crippen LogP contribution in [0.2, 0.25) is 0 Å². The lowest BCUT2D eigenvalue weighted by molar-refractivity contribution is 0.0920. The second-order valence-corrected chi connectivity index (χ2v) is 4.41. The highest BCUT2D eigenvalue weighted by Gasteiger charge is 2.16. The van der Waals surface area contributed by atoms with Gasteiger partial charge in [0.15, 0.2) is 0 Å². The number of benzene rings is 1. The minimum absolute atomic E-state index is 0.240. The predicted octanol–water partition coefficient (Wildman–Crippen LogP) is 3.16. The molecule has 0 bridgehead atoms. The van der Waals surface area contributed by atoms with Gasteiger partial charge in [0.05, 0.1) is 5.69 Å². The molecule has 1 aromatic rings. The van der Waals surface area contributed by atoms with E-state index in [1.54, 1.807) is 24.3 Å². The Kier molecular flexibility index (Phi) is 3.53. The summed E-state index contributed by atoms with van der Waals surface area (Å²) < 4.78 is 0. The van der Waals surface area contributed by atoms with Crippen molar-refractivity contribution in [3.8, 4) is 0 Å². The van der Waals surface area contributed by atoms with Crippen molar-refractivity contribution in [3.63, 3.8) is 0 Å². The van der Waals surface area contributed by atoms with Crippen LogP contribution in [0, 0.1) is 0 Å². The summed E-state index contributed by atoms with van der Waals surface area (Å²) in [4.78, 5) is 14.6. The third kappa shape index (κ3) is 3.29. The summed E-state index contributed by atoms with van der Waals surface area (Å²) >= 11 is 0. The molecule has 0 saturated carbocycles. The van der Waals surface area contributed by atoms with Crippen molar-refractivity contribution >= 4 is 11.6 Å². The molecule has 0 aliphatic rings. The lowest BCUT2D eigenvalue weighted by Crippen LogP contribution is -2.40. The Bertz CT molecular complexity index is 442. The monoisotopic (exact) mass is 218 g/mol. The van der Waals surface area contributed by atoms with Gasteiger partial charge in [0.2, 0.25) is 0 Å². The SMILES string of the molecule is CC(C)(C)NC(=O)c1ccccc1N=[N+]=[N-]. The number of nitrogens with zero attached hydrogens (tertiary/aromatic N) is 3. The Labute approximate surface area is 94.1 Å². The van der Waals surface area contributed by atoms with E-state index in [4.69, 9.17) is 5.53 Å². The first kappa shape index (κ1) is 12.1. The Hall–Kier alpha value is -2.00. The fourth-order valence-corrected chi connectivity index (χ4v) is 1.21. The number of carbonyl (C=O) groups excluding carboxylic acids is 1. The van der Waals surface area contributed by atoms with E-state index in [9.17, 15) is 4.79 Å². The molecule has 0 aromatic heterocycles. The molecule has 1 aromatic carbocycles. The summed E-state index contributed by atoms with van der Waals surface area (Å²) in [6.45, 7) is 5.67. The molecule has 0 aliphatic carbocycles. The van der Waals surface area contributed by atoms with Gasteiger partial charge in [0.25, 0.3) is 5.91 Å². The molecule has 0 unspecified atom stereocenters. The molecule has 0 heterocycles. The smallest absolute Gasteiger partial charge is 0.252 e. The van der Waals surface area contributed by atoms with Crippen molar-refractivity contribution < 1.29 is 4.79 Å². The van der Waals surface area contributed by atoms with Crippen LogP contribution < -0.4 is 5.32 Å². The minimum atomic E-state index is -0.319. The minimum Gasteiger partial charge on any atom is -0.347 e. The maximum Gasteiger partial charge on any atom is 0.252 e. The first-order chi connectivity index (χ1) is 7.44. The molecule has 16 heavy (non-hydrogen) atoms. The molecular weight excluding hydrogens is 204 g/mol. The van der Waals surface area contributed by atoms with Crippen molar-refractivity contribution in [1.82, 2.24) is 5.32 Å². The Morgan fingerprint density at radius 3 is 2.56 bits per heavy atom. The van der Waals surface area contributed by atoms with Gasteiger partial charge in [-0.15, -0.1) is 0 Å². The molecule has 0 fully saturated rings. The lowest BCUT2D eigenvalue weighted by Gasteiger charge is -2.20. The first-order valence-corrected chi connectivity index (χ1v) is 4.91. The van der Waals surface area contributed by atoms with Gasteiger partial charge in [0.1, 0.15) is 0 Å². The van der Waals surface area contributed by atoms with Crippen LogP contribution in [0.5, 0.6) is 0 Å². The highest BCUT2D eigenvalue weighted by Crippen LogP contribution is 2.19. The fraction of sp³-hybridized carbons (Fsp3) is 0.364. The highest BCUT2D eigenvalue weighted by molar-refractivity contribution is 5.99. The van der Waals surface area contributed by atoms with Gasteiger partial charge in [0, 0.05) is 16.0 Å². The van der Waals surface area contributed by atoms with Crippen molar-refractivity contribution in [2.45, 2.75) is 26.3 Å². The molecular formula is C11H14N4O. The van der Waals surface area contributed by atoms with E-state index in [0.29, 0.717) is 11.3 Å². The number of carbonyl (C=O) groups is 1. The quantitative estimate of drug-likeness (QED) is 0.462.